The number of nitro groups is 2. The molecule has 0 aliphatic heterocycles. The number of nitrogens with zero attached hydrogens (tertiary/aromatic N) is 2. The van der Waals surface area contributed by atoms with Gasteiger partial charge in [-0.25, -0.2) is 0 Å². The van der Waals surface area contributed by atoms with Crippen LogP contribution in [0.15, 0.2) is 18.2 Å². The Labute approximate surface area is 277 Å². The number of rotatable bonds is 34. The molecular weight excluding hydrogens is 642 g/mol. The fourth-order valence-corrected chi connectivity index (χ4v) is 4.16. The molecule has 47 heavy (non-hydrogen) atoms. The zero-order chi connectivity index (χ0) is 34.4. The van der Waals surface area contributed by atoms with E-state index in [9.17, 15) is 20.2 Å². The van der Waals surface area contributed by atoms with Gasteiger partial charge in [0.2, 0.25) is 0 Å². The van der Waals surface area contributed by atoms with Gasteiger partial charge in [-0.2, -0.15) is 0 Å². The van der Waals surface area contributed by atoms with Crippen molar-refractivity contribution in [2.45, 2.75) is 19.6 Å². The van der Waals surface area contributed by atoms with E-state index in [1.54, 1.807) is 0 Å². The standard InChI is InChI=1S/C29H53N3O14Si/c1-47(2,3)46-25-24-45-23-22-44-21-20-43-19-18-42-17-16-41-15-14-40-13-12-39-11-10-38-9-8-37-7-6-30-28-5-4-27(31(33)34)26-29(28)32(35)36/h4-5,26,30H,6-25H2,1-3H3. The predicted molar refractivity (Wildman–Crippen MR) is 175 cm³/mol. The average Bonchev–Trinajstić information content (AvgIpc) is 3.03. The van der Waals surface area contributed by atoms with Crippen LogP contribution in [0, 0.1) is 20.2 Å². The van der Waals surface area contributed by atoms with E-state index in [2.05, 4.69) is 25.0 Å². The minimum atomic E-state index is -1.47. The van der Waals surface area contributed by atoms with Gasteiger partial charge >= 0.3 is 0 Å². The van der Waals surface area contributed by atoms with Crippen molar-refractivity contribution < 1.29 is 56.9 Å². The van der Waals surface area contributed by atoms with Gasteiger partial charge in [0.25, 0.3) is 11.4 Å². The SMILES string of the molecule is C[Si](C)(C)OCCOCCOCCOCCOCCOCCOCCOCCOCCOCCNc1ccc([N+](=O)[O-])cc1[N+](=O)[O-]. The Balaban J connectivity index is 1.74. The van der Waals surface area contributed by atoms with Crippen LogP contribution in [0.4, 0.5) is 17.1 Å². The summed E-state index contributed by atoms with van der Waals surface area (Å²) in [5, 5.41) is 24.8. The molecule has 17 nitrogen and oxygen atoms in total. The van der Waals surface area contributed by atoms with Crippen molar-refractivity contribution in [2.75, 3.05) is 137 Å². The Morgan fingerprint density at radius 3 is 1.19 bits per heavy atom. The van der Waals surface area contributed by atoms with E-state index < -0.39 is 18.2 Å². The van der Waals surface area contributed by atoms with Gasteiger partial charge in [-0.15, -0.1) is 0 Å². The third kappa shape index (κ3) is 26.3. The number of non-ortho nitro benzene ring substituents is 1. The summed E-state index contributed by atoms with van der Waals surface area (Å²) in [6.07, 6.45) is 0. The molecular formula is C29H53N3O14Si. The van der Waals surface area contributed by atoms with Gasteiger partial charge in [-0.05, 0) is 25.7 Å². The zero-order valence-corrected chi connectivity index (χ0v) is 29.0. The fourth-order valence-electron chi connectivity index (χ4n) is 3.46. The Kier molecular flexibility index (Phi) is 26.0. The van der Waals surface area contributed by atoms with E-state index in [1.807, 2.05) is 0 Å². The maximum absolute atomic E-state index is 11.1. The molecule has 1 N–H and O–H groups in total. The first-order valence-electron chi connectivity index (χ1n) is 15.7. The molecule has 0 fully saturated rings. The van der Waals surface area contributed by atoms with Crippen molar-refractivity contribution in [2.24, 2.45) is 0 Å². The van der Waals surface area contributed by atoms with Crippen LogP contribution in [0.5, 0.6) is 0 Å². The summed E-state index contributed by atoms with van der Waals surface area (Å²) in [7, 11) is -1.47. The highest BCUT2D eigenvalue weighted by atomic mass is 28.4. The summed E-state index contributed by atoms with van der Waals surface area (Å²) in [6.45, 7) is 15.7. The second-order valence-corrected chi connectivity index (χ2v) is 15.1. The van der Waals surface area contributed by atoms with Crippen molar-refractivity contribution in [1.82, 2.24) is 0 Å². The van der Waals surface area contributed by atoms with Crippen LogP contribution in [0.3, 0.4) is 0 Å². The third-order valence-electron chi connectivity index (χ3n) is 5.69. The predicted octanol–water partition coefficient (Wildman–Crippen LogP) is 2.92. The highest BCUT2D eigenvalue weighted by Gasteiger charge is 2.19. The van der Waals surface area contributed by atoms with Crippen LogP contribution in [0.1, 0.15) is 0 Å². The molecule has 0 aromatic heterocycles. The van der Waals surface area contributed by atoms with E-state index in [-0.39, 0.29) is 23.7 Å². The minimum absolute atomic E-state index is 0.187. The molecule has 0 heterocycles. The van der Waals surface area contributed by atoms with Gasteiger partial charge in [0.1, 0.15) is 5.69 Å². The second-order valence-electron chi connectivity index (χ2n) is 10.6. The van der Waals surface area contributed by atoms with Gasteiger partial charge in [-0.1, -0.05) is 0 Å². The molecule has 0 aliphatic carbocycles. The Hall–Kier alpha value is -2.36. The summed E-state index contributed by atoms with van der Waals surface area (Å²) < 4.78 is 54.7. The van der Waals surface area contributed by atoms with Crippen LogP contribution in [-0.2, 0) is 47.1 Å². The minimum Gasteiger partial charge on any atom is -0.415 e. The van der Waals surface area contributed by atoms with Crippen LogP contribution < -0.4 is 5.32 Å². The van der Waals surface area contributed by atoms with Crippen molar-refractivity contribution >= 4 is 25.4 Å². The number of anilines is 1. The summed E-state index contributed by atoms with van der Waals surface area (Å²) in [5.74, 6) is 0. The largest absolute Gasteiger partial charge is 0.415 e. The molecule has 272 valence electrons. The number of benzene rings is 1. The molecule has 0 bridgehead atoms. The molecule has 0 amide bonds. The summed E-state index contributed by atoms with van der Waals surface area (Å²) >= 11 is 0. The average molecular weight is 696 g/mol. The zero-order valence-electron chi connectivity index (χ0n) is 28.0. The van der Waals surface area contributed by atoms with E-state index >= 15 is 0 Å². The molecule has 0 saturated carbocycles. The maximum atomic E-state index is 11.1. The number of hydrogen-bond donors (Lipinski definition) is 1. The topological polar surface area (TPSA) is 191 Å². The number of nitrogens with one attached hydrogen (secondary N) is 1. The normalized spacial score (nSPS) is 11.6. The summed E-state index contributed by atoms with van der Waals surface area (Å²) in [6, 6.07) is 3.43. The summed E-state index contributed by atoms with van der Waals surface area (Å²) in [4.78, 5) is 20.6. The lowest BCUT2D eigenvalue weighted by Crippen LogP contribution is -2.27. The molecule has 0 atom stereocenters. The van der Waals surface area contributed by atoms with E-state index in [0.29, 0.717) is 125 Å². The maximum Gasteiger partial charge on any atom is 0.299 e. The molecule has 0 radical (unpaired) electrons. The second kappa shape index (κ2) is 28.6. The fraction of sp³-hybridized carbons (Fsp3) is 0.793. The van der Waals surface area contributed by atoms with Crippen LogP contribution in [-0.4, -0.2) is 150 Å². The van der Waals surface area contributed by atoms with Gasteiger partial charge in [0.15, 0.2) is 8.32 Å². The molecule has 0 aliphatic rings. The first kappa shape index (κ1) is 42.7. The highest BCUT2D eigenvalue weighted by molar-refractivity contribution is 6.69. The number of hydrogen-bond acceptors (Lipinski definition) is 15. The number of nitro benzene ring substituents is 2. The summed E-state index contributed by atoms with van der Waals surface area (Å²) in [5.41, 5.74) is -0.521. The lowest BCUT2D eigenvalue weighted by Gasteiger charge is -2.16. The molecule has 1 aromatic rings. The van der Waals surface area contributed by atoms with E-state index in [1.165, 1.54) is 12.1 Å². The van der Waals surface area contributed by atoms with Crippen molar-refractivity contribution in [3.63, 3.8) is 0 Å². The molecule has 0 spiro atoms. The first-order chi connectivity index (χ1) is 22.7. The Bertz CT molecular complexity index is 942. The molecule has 0 saturated heterocycles. The molecule has 1 rings (SSSR count). The lowest BCUT2D eigenvalue weighted by molar-refractivity contribution is -0.393. The highest BCUT2D eigenvalue weighted by Crippen LogP contribution is 2.28. The van der Waals surface area contributed by atoms with Gasteiger partial charge < -0.3 is 52.4 Å². The quantitative estimate of drug-likeness (QED) is 0.0479. The van der Waals surface area contributed by atoms with E-state index in [4.69, 9.17) is 47.1 Å². The van der Waals surface area contributed by atoms with Crippen molar-refractivity contribution in [1.29, 1.82) is 0 Å². The third-order valence-corrected chi connectivity index (χ3v) is 6.76. The molecule has 1 aromatic carbocycles. The van der Waals surface area contributed by atoms with Gasteiger partial charge in [0, 0.05) is 12.6 Å². The Morgan fingerprint density at radius 1 is 0.532 bits per heavy atom. The monoisotopic (exact) mass is 695 g/mol. The smallest absolute Gasteiger partial charge is 0.299 e. The number of ether oxygens (including phenoxy) is 9. The van der Waals surface area contributed by atoms with Gasteiger partial charge in [0.05, 0.1) is 141 Å². The van der Waals surface area contributed by atoms with Crippen LogP contribution >= 0.6 is 0 Å². The van der Waals surface area contributed by atoms with Crippen LogP contribution in [0.2, 0.25) is 19.6 Å². The Morgan fingerprint density at radius 2 is 0.872 bits per heavy atom. The van der Waals surface area contributed by atoms with Crippen LogP contribution in [0.25, 0.3) is 0 Å². The van der Waals surface area contributed by atoms with E-state index in [0.717, 1.165) is 6.07 Å². The lowest BCUT2D eigenvalue weighted by atomic mass is 10.2. The first-order valence-corrected chi connectivity index (χ1v) is 19.1. The van der Waals surface area contributed by atoms with Crippen molar-refractivity contribution in [3.8, 4) is 0 Å². The van der Waals surface area contributed by atoms with Gasteiger partial charge in [-0.3, -0.25) is 20.2 Å². The molecule has 0 unspecified atom stereocenters. The molecule has 18 heteroatoms. The van der Waals surface area contributed by atoms with Crippen molar-refractivity contribution in [3.05, 3.63) is 38.4 Å².